The van der Waals surface area contributed by atoms with Crippen molar-refractivity contribution in [3.63, 3.8) is 0 Å². The van der Waals surface area contributed by atoms with E-state index in [0.717, 1.165) is 11.4 Å². The first kappa shape index (κ1) is 12.6. The predicted molar refractivity (Wildman–Crippen MR) is 55.4 cm³/mol. The van der Waals surface area contributed by atoms with E-state index in [2.05, 4.69) is 6.58 Å². The highest BCUT2D eigenvalue weighted by Crippen LogP contribution is 2.63. The highest BCUT2D eigenvalue weighted by molar-refractivity contribution is 8.69. The summed E-state index contributed by atoms with van der Waals surface area (Å²) in [5, 5.41) is -0.555. The van der Waals surface area contributed by atoms with Gasteiger partial charge in [0.2, 0.25) is 0 Å². The molecule has 12 heavy (non-hydrogen) atoms. The molecule has 0 bridgehead atoms. The van der Waals surface area contributed by atoms with Gasteiger partial charge in [0.05, 0.1) is 13.2 Å². The molecule has 0 aromatic heterocycles. The Labute approximate surface area is 81.4 Å². The molecule has 0 aliphatic heterocycles. The summed E-state index contributed by atoms with van der Waals surface area (Å²) in [6.07, 6.45) is 0. The molecule has 0 rings (SSSR count). The first-order valence-electron chi connectivity index (χ1n) is 3.47. The monoisotopic (exact) mass is 230 g/mol. The molecule has 0 aromatic carbocycles. The Hall–Kier alpha value is 0.590. The van der Waals surface area contributed by atoms with Crippen LogP contribution >= 0.6 is 17.1 Å². The van der Waals surface area contributed by atoms with E-state index < -0.39 is 10.9 Å². The molecule has 2 nitrogen and oxygen atoms in total. The first-order valence-corrected chi connectivity index (χ1v) is 7.53. The number of hydrogen-bond acceptors (Lipinski definition) is 4. The van der Waals surface area contributed by atoms with Crippen LogP contribution in [-0.4, -0.2) is 13.2 Å². The Bertz CT molecular complexity index is 188. The molecule has 0 heterocycles. The zero-order chi connectivity index (χ0) is 9.61. The molecule has 0 unspecified atom stereocenters. The van der Waals surface area contributed by atoms with Crippen LogP contribution in [0.15, 0.2) is 11.7 Å². The Balaban J connectivity index is 4.18. The molecule has 6 heteroatoms. The third-order valence-electron chi connectivity index (χ3n) is 0.785. The summed E-state index contributed by atoms with van der Waals surface area (Å²) in [7, 11) is 0. The molecule has 0 spiro atoms. The third-order valence-corrected chi connectivity index (χ3v) is 5.56. The van der Waals surface area contributed by atoms with E-state index in [1.807, 2.05) is 0 Å². The lowest BCUT2D eigenvalue weighted by Gasteiger charge is -2.18. The van der Waals surface area contributed by atoms with Gasteiger partial charge < -0.3 is 9.05 Å². The molecular formula is C6H12FO2PS2. The van der Waals surface area contributed by atoms with Crippen molar-refractivity contribution in [3.8, 4) is 0 Å². The van der Waals surface area contributed by atoms with Gasteiger partial charge in [-0.15, -0.1) is 0 Å². The lowest BCUT2D eigenvalue weighted by atomic mass is 10.9. The van der Waals surface area contributed by atoms with Crippen LogP contribution in [0.2, 0.25) is 0 Å². The van der Waals surface area contributed by atoms with Gasteiger partial charge in [0.25, 0.3) is 5.69 Å². The minimum atomic E-state index is -2.50. The van der Waals surface area contributed by atoms with Crippen LogP contribution in [0.4, 0.5) is 4.39 Å². The zero-order valence-corrected chi connectivity index (χ0v) is 9.61. The standard InChI is InChI=1S/C6H12FO2PS2/c1-4-8-10(11,9-5-2)12-6(3)7/h3-5H2,1-2H3. The summed E-state index contributed by atoms with van der Waals surface area (Å²) in [4.78, 5) is 0. The SMILES string of the molecule is C=C(F)SP(=S)(OCC)OCC. The zero-order valence-electron chi connectivity index (χ0n) is 7.08. The fraction of sp³-hybridized carbons (Fsp3) is 0.667. The van der Waals surface area contributed by atoms with Crippen molar-refractivity contribution in [3.05, 3.63) is 11.7 Å². The van der Waals surface area contributed by atoms with Crippen molar-refractivity contribution in [1.29, 1.82) is 0 Å². The molecular weight excluding hydrogens is 218 g/mol. The van der Waals surface area contributed by atoms with E-state index in [1.165, 1.54) is 0 Å². The van der Waals surface area contributed by atoms with Gasteiger partial charge in [0.1, 0.15) is 0 Å². The summed E-state index contributed by atoms with van der Waals surface area (Å²) < 4.78 is 22.7. The van der Waals surface area contributed by atoms with Crippen molar-refractivity contribution in [2.75, 3.05) is 13.2 Å². The Morgan fingerprint density at radius 3 is 2.17 bits per heavy atom. The Morgan fingerprint density at radius 1 is 1.50 bits per heavy atom. The Morgan fingerprint density at radius 2 is 1.92 bits per heavy atom. The third kappa shape index (κ3) is 5.27. The fourth-order valence-electron chi connectivity index (χ4n) is 0.528. The van der Waals surface area contributed by atoms with E-state index in [4.69, 9.17) is 20.9 Å². The second-order valence-corrected chi connectivity index (χ2v) is 7.89. The van der Waals surface area contributed by atoms with Gasteiger partial charge in [-0.3, -0.25) is 0 Å². The summed E-state index contributed by atoms with van der Waals surface area (Å²) in [6.45, 7) is 7.54. The van der Waals surface area contributed by atoms with Crippen molar-refractivity contribution in [2.45, 2.75) is 13.8 Å². The maximum absolute atomic E-state index is 12.4. The molecule has 0 saturated heterocycles. The maximum atomic E-state index is 12.4. The van der Waals surface area contributed by atoms with Crippen LogP contribution in [-0.2, 0) is 20.9 Å². The molecule has 0 amide bonds. The highest BCUT2D eigenvalue weighted by Gasteiger charge is 2.20. The van der Waals surface area contributed by atoms with E-state index >= 15 is 0 Å². The minimum absolute atomic E-state index is 0.428. The molecule has 0 aromatic rings. The lowest BCUT2D eigenvalue weighted by molar-refractivity contribution is 0.280. The molecule has 0 aliphatic rings. The summed E-state index contributed by atoms with van der Waals surface area (Å²) >= 11 is 5.78. The van der Waals surface area contributed by atoms with Gasteiger partial charge in [-0.2, -0.15) is 4.39 Å². The highest BCUT2D eigenvalue weighted by atomic mass is 32.9. The average molecular weight is 230 g/mol. The molecule has 72 valence electrons. The van der Waals surface area contributed by atoms with Gasteiger partial charge >= 0.3 is 0 Å². The predicted octanol–water partition coefficient (Wildman–Crippen LogP) is 3.46. The topological polar surface area (TPSA) is 18.5 Å². The van der Waals surface area contributed by atoms with Crippen LogP contribution in [0.5, 0.6) is 0 Å². The quantitative estimate of drug-likeness (QED) is 0.650. The number of hydrogen-bond donors (Lipinski definition) is 0. The second kappa shape index (κ2) is 6.11. The van der Waals surface area contributed by atoms with E-state index in [-0.39, 0.29) is 0 Å². The van der Waals surface area contributed by atoms with E-state index in [1.54, 1.807) is 13.8 Å². The molecule has 0 saturated carbocycles. The normalized spacial score (nSPS) is 11.6. The van der Waals surface area contributed by atoms with Crippen LogP contribution in [0.3, 0.4) is 0 Å². The average Bonchev–Trinajstić information content (AvgIpc) is 1.85. The lowest BCUT2D eigenvalue weighted by Crippen LogP contribution is -1.91. The Kier molecular flexibility index (Phi) is 6.41. The van der Waals surface area contributed by atoms with E-state index in [0.29, 0.717) is 13.2 Å². The molecule has 0 aliphatic carbocycles. The largest absolute Gasteiger partial charge is 0.322 e. The van der Waals surface area contributed by atoms with E-state index in [9.17, 15) is 4.39 Å². The number of halogens is 1. The van der Waals surface area contributed by atoms with Gasteiger partial charge in [-0.25, -0.2) is 0 Å². The summed E-state index contributed by atoms with van der Waals surface area (Å²) in [6, 6.07) is 0. The smallest absolute Gasteiger partial charge is 0.254 e. The summed E-state index contributed by atoms with van der Waals surface area (Å²) in [5.41, 5.74) is -2.50. The molecule has 0 radical (unpaired) electrons. The van der Waals surface area contributed by atoms with Crippen LogP contribution in [0, 0.1) is 0 Å². The van der Waals surface area contributed by atoms with Crippen molar-refractivity contribution in [1.82, 2.24) is 0 Å². The van der Waals surface area contributed by atoms with Crippen LogP contribution in [0.1, 0.15) is 13.8 Å². The van der Waals surface area contributed by atoms with Crippen LogP contribution < -0.4 is 0 Å². The second-order valence-electron chi connectivity index (χ2n) is 1.73. The number of rotatable bonds is 6. The van der Waals surface area contributed by atoms with Gasteiger partial charge in [0.15, 0.2) is 5.16 Å². The van der Waals surface area contributed by atoms with Crippen molar-refractivity contribution in [2.24, 2.45) is 0 Å². The van der Waals surface area contributed by atoms with Gasteiger partial charge in [-0.1, -0.05) is 6.58 Å². The molecule has 0 N–H and O–H groups in total. The molecule has 0 atom stereocenters. The van der Waals surface area contributed by atoms with Crippen molar-refractivity contribution < 1.29 is 13.4 Å². The maximum Gasteiger partial charge on any atom is 0.254 e. The van der Waals surface area contributed by atoms with Gasteiger partial charge in [0, 0.05) is 0 Å². The molecule has 0 fully saturated rings. The summed E-state index contributed by atoms with van der Waals surface area (Å²) in [5.74, 6) is 0. The van der Waals surface area contributed by atoms with Crippen molar-refractivity contribution >= 4 is 28.9 Å². The fourth-order valence-corrected chi connectivity index (χ4v) is 4.62. The minimum Gasteiger partial charge on any atom is -0.322 e. The van der Waals surface area contributed by atoms with Crippen LogP contribution in [0.25, 0.3) is 0 Å². The van der Waals surface area contributed by atoms with Gasteiger partial charge in [-0.05, 0) is 37.0 Å². The first-order chi connectivity index (χ1) is 5.54.